The van der Waals surface area contributed by atoms with E-state index in [1.54, 1.807) is 0 Å². The number of carbonyl (C=O) groups excluding carboxylic acids is 1. The highest BCUT2D eigenvalue weighted by molar-refractivity contribution is 5.69. The van der Waals surface area contributed by atoms with Crippen LogP contribution in [0.3, 0.4) is 0 Å². The van der Waals surface area contributed by atoms with Crippen LogP contribution in [-0.4, -0.2) is 31.5 Å². The molecule has 3 heteroatoms. The monoisotopic (exact) mass is 325 g/mol. The zero-order valence-electron chi connectivity index (χ0n) is 14.9. The lowest BCUT2D eigenvalue weighted by atomic mass is 9.84. The highest BCUT2D eigenvalue weighted by Gasteiger charge is 2.36. The summed E-state index contributed by atoms with van der Waals surface area (Å²) in [4.78, 5) is 14.3. The first-order valence-electron chi connectivity index (χ1n) is 8.52. The molecule has 0 heterocycles. The van der Waals surface area contributed by atoms with E-state index < -0.39 is 5.60 Å². The molecule has 0 radical (unpaired) electrons. The van der Waals surface area contributed by atoms with Gasteiger partial charge in [-0.25, -0.2) is 0 Å². The van der Waals surface area contributed by atoms with Crippen LogP contribution in [0.15, 0.2) is 60.7 Å². The first-order valence-corrected chi connectivity index (χ1v) is 8.52. The molecule has 3 nitrogen and oxygen atoms in total. The zero-order chi connectivity index (χ0) is 17.4. The Morgan fingerprint density at radius 3 is 2.12 bits per heavy atom. The van der Waals surface area contributed by atoms with Crippen molar-refractivity contribution in [2.45, 2.75) is 31.8 Å². The molecule has 0 amide bonds. The standard InChI is InChI=1S/C21H27NO2/c1-4-20(23)24-21(15-16-22(2)3,19-13-9-6-10-14-19)17-18-11-7-5-8-12-18/h5-14H,4,15-17H2,1-3H3. The van der Waals surface area contributed by atoms with Gasteiger partial charge >= 0.3 is 5.97 Å². The van der Waals surface area contributed by atoms with Crippen molar-refractivity contribution in [3.63, 3.8) is 0 Å². The van der Waals surface area contributed by atoms with Crippen LogP contribution in [-0.2, 0) is 21.6 Å². The molecular formula is C21H27NO2. The summed E-state index contributed by atoms with van der Waals surface area (Å²) in [7, 11) is 4.08. The molecule has 128 valence electrons. The summed E-state index contributed by atoms with van der Waals surface area (Å²) in [5, 5.41) is 0. The van der Waals surface area contributed by atoms with Gasteiger partial charge in [0.2, 0.25) is 0 Å². The number of nitrogens with zero attached hydrogens (tertiary/aromatic N) is 1. The van der Waals surface area contributed by atoms with Crippen LogP contribution >= 0.6 is 0 Å². The Bertz CT molecular complexity index is 625. The van der Waals surface area contributed by atoms with Crippen LogP contribution < -0.4 is 0 Å². The fourth-order valence-electron chi connectivity index (χ4n) is 2.84. The molecular weight excluding hydrogens is 298 g/mol. The van der Waals surface area contributed by atoms with Gasteiger partial charge in [-0.1, -0.05) is 67.6 Å². The summed E-state index contributed by atoms with van der Waals surface area (Å²) in [6, 6.07) is 20.4. The minimum absolute atomic E-state index is 0.159. The molecule has 0 saturated carbocycles. The molecule has 1 atom stereocenters. The first-order chi connectivity index (χ1) is 11.6. The van der Waals surface area contributed by atoms with Crippen molar-refractivity contribution in [1.82, 2.24) is 4.90 Å². The van der Waals surface area contributed by atoms with Gasteiger partial charge in [0.05, 0.1) is 0 Å². The predicted molar refractivity (Wildman–Crippen MR) is 97.8 cm³/mol. The third-order valence-corrected chi connectivity index (χ3v) is 4.19. The van der Waals surface area contributed by atoms with E-state index in [9.17, 15) is 4.79 Å². The highest BCUT2D eigenvalue weighted by atomic mass is 16.6. The van der Waals surface area contributed by atoms with E-state index in [-0.39, 0.29) is 5.97 Å². The van der Waals surface area contributed by atoms with Gasteiger partial charge in [-0.2, -0.15) is 0 Å². The molecule has 0 bridgehead atoms. The van der Waals surface area contributed by atoms with E-state index in [2.05, 4.69) is 29.2 Å². The number of rotatable bonds is 8. The van der Waals surface area contributed by atoms with Gasteiger partial charge in [-0.3, -0.25) is 4.79 Å². The fourth-order valence-corrected chi connectivity index (χ4v) is 2.84. The summed E-state index contributed by atoms with van der Waals surface area (Å²) in [6.45, 7) is 2.69. The summed E-state index contributed by atoms with van der Waals surface area (Å²) in [5.74, 6) is -0.159. The normalized spacial score (nSPS) is 13.5. The molecule has 0 N–H and O–H groups in total. The fraction of sp³-hybridized carbons (Fsp3) is 0.381. The van der Waals surface area contributed by atoms with Crippen molar-refractivity contribution in [2.24, 2.45) is 0 Å². The molecule has 24 heavy (non-hydrogen) atoms. The third kappa shape index (κ3) is 4.93. The Morgan fingerprint density at radius 2 is 1.58 bits per heavy atom. The molecule has 2 aromatic rings. The second kappa shape index (κ2) is 8.65. The van der Waals surface area contributed by atoms with Gasteiger partial charge in [0.15, 0.2) is 0 Å². The smallest absolute Gasteiger partial charge is 0.306 e. The maximum absolute atomic E-state index is 12.2. The van der Waals surface area contributed by atoms with E-state index in [1.807, 2.05) is 57.4 Å². The lowest BCUT2D eigenvalue weighted by Gasteiger charge is -2.35. The second-order valence-corrected chi connectivity index (χ2v) is 6.40. The number of hydrogen-bond donors (Lipinski definition) is 0. The van der Waals surface area contributed by atoms with Gasteiger partial charge in [0.1, 0.15) is 5.60 Å². The van der Waals surface area contributed by atoms with Gasteiger partial charge in [-0.15, -0.1) is 0 Å². The minimum atomic E-state index is -0.639. The lowest BCUT2D eigenvalue weighted by molar-refractivity contribution is -0.162. The Balaban J connectivity index is 2.43. The minimum Gasteiger partial charge on any atom is -0.454 e. The number of carbonyl (C=O) groups is 1. The van der Waals surface area contributed by atoms with Crippen molar-refractivity contribution in [3.8, 4) is 0 Å². The first kappa shape index (κ1) is 18.2. The number of ether oxygens (including phenoxy) is 1. The Labute approximate surface area is 145 Å². The van der Waals surface area contributed by atoms with Crippen molar-refractivity contribution in [3.05, 3.63) is 71.8 Å². The summed E-state index contributed by atoms with van der Waals surface area (Å²) in [5.41, 5.74) is 1.58. The maximum Gasteiger partial charge on any atom is 0.306 e. The molecule has 0 spiro atoms. The van der Waals surface area contributed by atoms with E-state index >= 15 is 0 Å². The Morgan fingerprint density at radius 1 is 1.00 bits per heavy atom. The van der Waals surface area contributed by atoms with Crippen LogP contribution in [0.5, 0.6) is 0 Å². The number of esters is 1. The predicted octanol–water partition coefficient (Wildman–Crippen LogP) is 4.03. The summed E-state index contributed by atoms with van der Waals surface area (Å²) < 4.78 is 6.06. The molecule has 0 fully saturated rings. The average Bonchev–Trinajstić information content (AvgIpc) is 2.61. The van der Waals surface area contributed by atoms with Gasteiger partial charge in [0, 0.05) is 25.8 Å². The van der Waals surface area contributed by atoms with Gasteiger partial charge < -0.3 is 9.64 Å². The SMILES string of the molecule is CCC(=O)OC(CCN(C)C)(Cc1ccccc1)c1ccccc1. The van der Waals surface area contributed by atoms with Crippen LogP contribution in [0, 0.1) is 0 Å². The van der Waals surface area contributed by atoms with E-state index in [0.717, 1.165) is 18.5 Å². The van der Waals surface area contributed by atoms with Crippen LogP contribution in [0.2, 0.25) is 0 Å². The van der Waals surface area contributed by atoms with E-state index in [1.165, 1.54) is 5.56 Å². The lowest BCUT2D eigenvalue weighted by Crippen LogP contribution is -2.37. The molecule has 0 aromatic heterocycles. The molecule has 1 unspecified atom stereocenters. The van der Waals surface area contributed by atoms with E-state index in [0.29, 0.717) is 12.8 Å². The Hall–Kier alpha value is -2.13. The van der Waals surface area contributed by atoms with Crippen molar-refractivity contribution < 1.29 is 9.53 Å². The molecule has 0 saturated heterocycles. The number of benzene rings is 2. The topological polar surface area (TPSA) is 29.5 Å². The molecule has 0 aliphatic carbocycles. The van der Waals surface area contributed by atoms with Crippen LogP contribution in [0.4, 0.5) is 0 Å². The maximum atomic E-state index is 12.2. The van der Waals surface area contributed by atoms with Crippen LogP contribution in [0.1, 0.15) is 30.9 Å². The van der Waals surface area contributed by atoms with Crippen molar-refractivity contribution in [1.29, 1.82) is 0 Å². The second-order valence-electron chi connectivity index (χ2n) is 6.40. The zero-order valence-corrected chi connectivity index (χ0v) is 14.9. The van der Waals surface area contributed by atoms with Crippen LogP contribution in [0.25, 0.3) is 0 Å². The van der Waals surface area contributed by atoms with Gasteiger partial charge in [0.25, 0.3) is 0 Å². The van der Waals surface area contributed by atoms with E-state index in [4.69, 9.17) is 4.74 Å². The third-order valence-electron chi connectivity index (χ3n) is 4.19. The average molecular weight is 325 g/mol. The quantitative estimate of drug-likeness (QED) is 0.686. The molecule has 0 aliphatic rings. The molecule has 2 aromatic carbocycles. The summed E-state index contributed by atoms with van der Waals surface area (Å²) in [6.07, 6.45) is 1.81. The summed E-state index contributed by atoms with van der Waals surface area (Å²) >= 11 is 0. The highest BCUT2D eigenvalue weighted by Crippen LogP contribution is 2.34. The molecule has 0 aliphatic heterocycles. The number of hydrogen-bond acceptors (Lipinski definition) is 3. The van der Waals surface area contributed by atoms with Crippen molar-refractivity contribution in [2.75, 3.05) is 20.6 Å². The molecule has 2 rings (SSSR count). The van der Waals surface area contributed by atoms with Gasteiger partial charge in [-0.05, 0) is 25.2 Å². The van der Waals surface area contributed by atoms with Crippen molar-refractivity contribution >= 4 is 5.97 Å². The largest absolute Gasteiger partial charge is 0.454 e. The Kier molecular flexibility index (Phi) is 6.56.